The molecule has 1 aliphatic heterocycles. The molecule has 29 heavy (non-hydrogen) atoms. The van der Waals surface area contributed by atoms with Gasteiger partial charge >= 0.3 is 0 Å². The van der Waals surface area contributed by atoms with Gasteiger partial charge in [0.05, 0.1) is 16.8 Å². The van der Waals surface area contributed by atoms with Crippen molar-refractivity contribution in [2.24, 2.45) is 5.73 Å². The van der Waals surface area contributed by atoms with Crippen molar-refractivity contribution in [3.8, 4) is 5.69 Å². The van der Waals surface area contributed by atoms with E-state index in [0.717, 1.165) is 32.4 Å². The van der Waals surface area contributed by atoms with Crippen molar-refractivity contribution in [3.05, 3.63) is 71.5 Å². The van der Waals surface area contributed by atoms with Gasteiger partial charge in [0.2, 0.25) is 5.91 Å². The summed E-state index contributed by atoms with van der Waals surface area (Å²) < 4.78 is 7.41. The quantitative estimate of drug-likeness (QED) is 0.689. The van der Waals surface area contributed by atoms with Gasteiger partial charge in [-0.15, -0.1) is 0 Å². The molecule has 0 atom stereocenters. The molecule has 0 spiro atoms. The molecule has 1 aliphatic rings. The molecule has 150 valence electrons. The van der Waals surface area contributed by atoms with Crippen LogP contribution in [0, 0.1) is 13.8 Å². The van der Waals surface area contributed by atoms with Crippen LogP contribution in [-0.4, -0.2) is 28.9 Å². The maximum absolute atomic E-state index is 12.3. The Labute approximate surface area is 175 Å². The molecule has 0 bridgehead atoms. The van der Waals surface area contributed by atoms with Crippen molar-refractivity contribution in [3.63, 3.8) is 0 Å². The Balaban J connectivity index is 1.56. The molecule has 1 saturated heterocycles. The van der Waals surface area contributed by atoms with Crippen LogP contribution in [-0.2, 0) is 14.9 Å². The van der Waals surface area contributed by atoms with Crippen molar-refractivity contribution >= 4 is 17.7 Å². The lowest BCUT2D eigenvalue weighted by Crippen LogP contribution is -2.45. The maximum atomic E-state index is 12.3. The predicted octanol–water partition coefficient (Wildman–Crippen LogP) is 4.17. The first-order chi connectivity index (χ1) is 14.0. The van der Waals surface area contributed by atoms with Crippen LogP contribution in [0.2, 0.25) is 0 Å². The minimum atomic E-state index is -0.631. The maximum Gasteiger partial charge on any atom is 0.228 e. The number of primary amides is 1. The minimum absolute atomic E-state index is 0.266. The Hall–Kier alpha value is -2.57. The van der Waals surface area contributed by atoms with Crippen LogP contribution >= 0.6 is 11.8 Å². The van der Waals surface area contributed by atoms with Gasteiger partial charge in [0, 0.05) is 28.7 Å². The third-order valence-corrected chi connectivity index (χ3v) is 6.53. The molecule has 2 N–H and O–H groups in total. The van der Waals surface area contributed by atoms with Gasteiger partial charge in [-0.05, 0) is 74.7 Å². The van der Waals surface area contributed by atoms with E-state index >= 15 is 0 Å². The Morgan fingerprint density at radius 1 is 1.07 bits per heavy atom. The molecule has 0 radical (unpaired) electrons. The Bertz CT molecular complexity index is 1020. The molecular weight excluding hydrogens is 382 g/mol. The van der Waals surface area contributed by atoms with E-state index in [2.05, 4.69) is 54.5 Å². The smallest absolute Gasteiger partial charge is 0.228 e. The second kappa shape index (κ2) is 8.05. The van der Waals surface area contributed by atoms with Gasteiger partial charge in [0.1, 0.15) is 0 Å². The number of rotatable bonds is 5. The topological polar surface area (TPSA) is 70.1 Å². The van der Waals surface area contributed by atoms with Gasteiger partial charge in [-0.2, -0.15) is 5.10 Å². The molecule has 2 aromatic carbocycles. The zero-order chi connectivity index (χ0) is 20.4. The lowest BCUT2D eigenvalue weighted by molar-refractivity contribution is -0.127. The highest BCUT2D eigenvalue weighted by atomic mass is 32.2. The van der Waals surface area contributed by atoms with Crippen LogP contribution < -0.4 is 5.73 Å². The van der Waals surface area contributed by atoms with E-state index in [9.17, 15) is 4.79 Å². The number of nitrogens with two attached hydrogens (primary N) is 1. The summed E-state index contributed by atoms with van der Waals surface area (Å²) in [5.41, 5.74) is 9.33. The Kier molecular flexibility index (Phi) is 5.48. The minimum Gasteiger partial charge on any atom is -0.381 e. The van der Waals surface area contributed by atoms with Gasteiger partial charge < -0.3 is 10.5 Å². The van der Waals surface area contributed by atoms with Crippen LogP contribution in [0.3, 0.4) is 0 Å². The fourth-order valence-electron chi connectivity index (χ4n) is 3.94. The molecule has 1 fully saturated rings. The van der Waals surface area contributed by atoms with Crippen molar-refractivity contribution in [2.75, 3.05) is 13.2 Å². The number of carbonyl (C=O) groups is 1. The monoisotopic (exact) mass is 407 g/mol. The molecule has 0 aliphatic carbocycles. The molecule has 0 saturated carbocycles. The number of hydrogen-bond donors (Lipinski definition) is 1. The zero-order valence-electron chi connectivity index (χ0n) is 16.7. The fraction of sp³-hybridized carbons (Fsp3) is 0.304. The third kappa shape index (κ3) is 3.95. The first kappa shape index (κ1) is 19.7. The molecule has 4 rings (SSSR count). The summed E-state index contributed by atoms with van der Waals surface area (Å²) in [5.74, 6) is -0.266. The molecule has 2 heterocycles. The highest BCUT2D eigenvalue weighted by molar-refractivity contribution is 7.99. The van der Waals surface area contributed by atoms with Gasteiger partial charge in [0.25, 0.3) is 0 Å². The number of nitrogens with zero attached hydrogens (tertiary/aromatic N) is 2. The predicted molar refractivity (Wildman–Crippen MR) is 115 cm³/mol. The van der Waals surface area contributed by atoms with E-state index < -0.39 is 5.41 Å². The largest absolute Gasteiger partial charge is 0.381 e. The van der Waals surface area contributed by atoms with Crippen LogP contribution in [0.25, 0.3) is 5.69 Å². The van der Waals surface area contributed by atoms with Gasteiger partial charge in [-0.1, -0.05) is 23.9 Å². The van der Waals surface area contributed by atoms with Crippen molar-refractivity contribution in [2.45, 2.75) is 41.9 Å². The second-order valence-electron chi connectivity index (χ2n) is 7.52. The summed E-state index contributed by atoms with van der Waals surface area (Å²) in [6, 6.07) is 18.6. The molecular formula is C23H25N3O2S. The molecule has 1 aromatic heterocycles. The first-order valence-electron chi connectivity index (χ1n) is 9.78. The van der Waals surface area contributed by atoms with Gasteiger partial charge in [0.15, 0.2) is 0 Å². The summed E-state index contributed by atoms with van der Waals surface area (Å²) >= 11 is 1.68. The summed E-state index contributed by atoms with van der Waals surface area (Å²) in [5, 5.41) is 4.54. The Morgan fingerprint density at radius 3 is 2.41 bits per heavy atom. The second-order valence-corrected chi connectivity index (χ2v) is 8.67. The van der Waals surface area contributed by atoms with E-state index in [0.29, 0.717) is 26.1 Å². The molecule has 6 heteroatoms. The molecule has 1 amide bonds. The third-order valence-electron chi connectivity index (χ3n) is 5.53. The van der Waals surface area contributed by atoms with Gasteiger partial charge in [-0.25, -0.2) is 4.68 Å². The summed E-state index contributed by atoms with van der Waals surface area (Å²) in [7, 11) is 0. The normalized spacial score (nSPS) is 15.9. The summed E-state index contributed by atoms with van der Waals surface area (Å²) in [6.45, 7) is 5.18. The van der Waals surface area contributed by atoms with Gasteiger partial charge in [-0.3, -0.25) is 4.79 Å². The SMILES string of the molecule is Cc1cc(C)n(-c2ccc(Sc3cccc(C4(C(N)=O)CCOCC4)c3)cc2)n1. The van der Waals surface area contributed by atoms with E-state index in [1.54, 1.807) is 11.8 Å². The molecule has 0 unspecified atom stereocenters. The standard InChI is InChI=1S/C23H25N3O2S/c1-16-14-17(2)26(25-16)19-6-8-20(9-7-19)29-21-5-3-4-18(15-21)23(22(24)27)10-12-28-13-11-23/h3-9,14-15H,10-13H2,1-2H3,(H2,24,27). The number of aryl methyl sites for hydroxylation is 2. The van der Waals surface area contributed by atoms with Crippen LogP contribution in [0.15, 0.2) is 64.4 Å². The van der Waals surface area contributed by atoms with E-state index in [-0.39, 0.29) is 5.91 Å². The average Bonchev–Trinajstić information content (AvgIpc) is 3.07. The Morgan fingerprint density at radius 2 is 1.79 bits per heavy atom. The fourth-order valence-corrected chi connectivity index (χ4v) is 4.81. The van der Waals surface area contributed by atoms with Crippen LogP contribution in [0.5, 0.6) is 0 Å². The van der Waals surface area contributed by atoms with Crippen molar-refractivity contribution < 1.29 is 9.53 Å². The number of ether oxygens (including phenoxy) is 1. The number of hydrogen-bond acceptors (Lipinski definition) is 4. The lowest BCUT2D eigenvalue weighted by atomic mass is 9.73. The summed E-state index contributed by atoms with van der Waals surface area (Å²) in [4.78, 5) is 14.5. The van der Waals surface area contributed by atoms with E-state index in [1.165, 1.54) is 0 Å². The van der Waals surface area contributed by atoms with Crippen LogP contribution in [0.1, 0.15) is 29.8 Å². The van der Waals surface area contributed by atoms with Crippen LogP contribution in [0.4, 0.5) is 0 Å². The van der Waals surface area contributed by atoms with E-state index in [1.807, 2.05) is 23.7 Å². The number of aromatic nitrogens is 2. The molecule has 3 aromatic rings. The lowest BCUT2D eigenvalue weighted by Gasteiger charge is -2.34. The molecule has 5 nitrogen and oxygen atoms in total. The highest BCUT2D eigenvalue weighted by Gasteiger charge is 2.40. The zero-order valence-corrected chi connectivity index (χ0v) is 17.5. The van der Waals surface area contributed by atoms with E-state index in [4.69, 9.17) is 10.5 Å². The van der Waals surface area contributed by atoms with Crippen molar-refractivity contribution in [1.82, 2.24) is 9.78 Å². The highest BCUT2D eigenvalue weighted by Crippen LogP contribution is 2.37. The number of carbonyl (C=O) groups excluding carboxylic acids is 1. The van der Waals surface area contributed by atoms with Crippen molar-refractivity contribution in [1.29, 1.82) is 0 Å². The number of benzene rings is 2. The average molecular weight is 408 g/mol. The summed E-state index contributed by atoms with van der Waals surface area (Å²) in [6.07, 6.45) is 1.27. The number of amides is 1. The first-order valence-corrected chi connectivity index (χ1v) is 10.6.